The van der Waals surface area contributed by atoms with Crippen LogP contribution in [0.5, 0.6) is 11.5 Å². The SMILES string of the molecule is CC1(C)CCCN(c2cc(CNCc3cccc4c3OCO4)ccn2)CC1. The number of nitrogens with zero attached hydrogens (tertiary/aromatic N) is 2. The van der Waals surface area contributed by atoms with Crippen molar-refractivity contribution in [1.82, 2.24) is 10.3 Å². The first kappa shape index (κ1) is 18.1. The molecule has 0 bridgehead atoms. The number of pyridine rings is 1. The van der Waals surface area contributed by atoms with Gasteiger partial charge in [-0.15, -0.1) is 0 Å². The van der Waals surface area contributed by atoms with E-state index in [-0.39, 0.29) is 0 Å². The third kappa shape index (κ3) is 4.35. The second kappa shape index (κ2) is 7.77. The van der Waals surface area contributed by atoms with Crippen LogP contribution in [0.3, 0.4) is 0 Å². The van der Waals surface area contributed by atoms with E-state index in [0.717, 1.165) is 49.1 Å². The first-order valence-corrected chi connectivity index (χ1v) is 9.89. The number of rotatable bonds is 5. The molecule has 0 unspecified atom stereocenters. The monoisotopic (exact) mass is 367 g/mol. The van der Waals surface area contributed by atoms with Gasteiger partial charge in [-0.3, -0.25) is 0 Å². The van der Waals surface area contributed by atoms with E-state index in [1.54, 1.807) is 0 Å². The van der Waals surface area contributed by atoms with Gasteiger partial charge >= 0.3 is 0 Å². The zero-order chi connectivity index (χ0) is 18.7. The van der Waals surface area contributed by atoms with Gasteiger partial charge in [0.1, 0.15) is 5.82 Å². The summed E-state index contributed by atoms with van der Waals surface area (Å²) in [4.78, 5) is 7.07. The maximum atomic E-state index is 5.58. The molecule has 0 radical (unpaired) electrons. The van der Waals surface area contributed by atoms with Crippen molar-refractivity contribution in [3.8, 4) is 11.5 Å². The standard InChI is InChI=1S/C22H29N3O2/c1-22(2)8-4-11-25(12-9-22)20-13-17(7-10-24-20)14-23-15-18-5-3-6-19-21(18)27-16-26-19/h3,5-7,10,13,23H,4,8-9,11-12,14-16H2,1-2H3. The molecule has 0 aliphatic carbocycles. The molecule has 1 aromatic carbocycles. The molecular formula is C22H29N3O2. The van der Waals surface area contributed by atoms with Crippen molar-refractivity contribution >= 4 is 5.82 Å². The zero-order valence-corrected chi connectivity index (χ0v) is 16.3. The Morgan fingerprint density at radius 3 is 2.96 bits per heavy atom. The third-order valence-electron chi connectivity index (χ3n) is 5.60. The van der Waals surface area contributed by atoms with Gasteiger partial charge in [0, 0.05) is 37.9 Å². The second-order valence-corrected chi connectivity index (χ2v) is 8.28. The lowest BCUT2D eigenvalue weighted by Crippen LogP contribution is -2.26. The summed E-state index contributed by atoms with van der Waals surface area (Å²) in [5.41, 5.74) is 2.83. The first-order chi connectivity index (χ1) is 13.1. The van der Waals surface area contributed by atoms with E-state index < -0.39 is 0 Å². The number of fused-ring (bicyclic) bond motifs is 1. The Morgan fingerprint density at radius 1 is 1.11 bits per heavy atom. The highest BCUT2D eigenvalue weighted by Gasteiger charge is 2.23. The molecule has 27 heavy (non-hydrogen) atoms. The Morgan fingerprint density at radius 2 is 2.04 bits per heavy atom. The third-order valence-corrected chi connectivity index (χ3v) is 5.60. The van der Waals surface area contributed by atoms with Gasteiger partial charge in [-0.25, -0.2) is 4.98 Å². The van der Waals surface area contributed by atoms with Crippen LogP contribution in [-0.4, -0.2) is 24.9 Å². The summed E-state index contributed by atoms with van der Waals surface area (Å²) < 4.78 is 11.0. The van der Waals surface area contributed by atoms with Crippen LogP contribution in [0, 0.1) is 5.41 Å². The molecule has 0 saturated carbocycles. The minimum Gasteiger partial charge on any atom is -0.454 e. The molecule has 4 rings (SSSR count). The van der Waals surface area contributed by atoms with Crippen molar-refractivity contribution in [2.75, 3.05) is 24.8 Å². The van der Waals surface area contributed by atoms with E-state index in [1.165, 1.54) is 24.8 Å². The van der Waals surface area contributed by atoms with Crippen LogP contribution in [0.2, 0.25) is 0 Å². The molecule has 5 nitrogen and oxygen atoms in total. The predicted molar refractivity (Wildman–Crippen MR) is 107 cm³/mol. The van der Waals surface area contributed by atoms with Gasteiger partial charge in [0.15, 0.2) is 11.5 Å². The summed E-state index contributed by atoms with van der Waals surface area (Å²) in [6.07, 6.45) is 5.67. The van der Waals surface area contributed by atoms with E-state index in [9.17, 15) is 0 Å². The average Bonchev–Trinajstić information content (AvgIpc) is 3.07. The van der Waals surface area contributed by atoms with Gasteiger partial charge in [-0.1, -0.05) is 26.0 Å². The minimum absolute atomic E-state index is 0.312. The van der Waals surface area contributed by atoms with Crippen LogP contribution in [0.25, 0.3) is 0 Å². The van der Waals surface area contributed by atoms with Crippen LogP contribution in [0.1, 0.15) is 44.2 Å². The largest absolute Gasteiger partial charge is 0.454 e. The quantitative estimate of drug-likeness (QED) is 0.861. The van der Waals surface area contributed by atoms with Crippen LogP contribution >= 0.6 is 0 Å². The van der Waals surface area contributed by atoms with E-state index in [2.05, 4.69) is 47.2 Å². The number of para-hydroxylation sites is 1. The van der Waals surface area contributed by atoms with Gasteiger partial charge in [0.2, 0.25) is 6.79 Å². The molecular weight excluding hydrogens is 338 g/mol. The van der Waals surface area contributed by atoms with Crippen molar-refractivity contribution in [3.63, 3.8) is 0 Å². The highest BCUT2D eigenvalue weighted by molar-refractivity contribution is 5.48. The smallest absolute Gasteiger partial charge is 0.231 e. The first-order valence-electron chi connectivity index (χ1n) is 9.89. The lowest BCUT2D eigenvalue weighted by molar-refractivity contribution is 0.173. The summed E-state index contributed by atoms with van der Waals surface area (Å²) in [7, 11) is 0. The highest BCUT2D eigenvalue weighted by atomic mass is 16.7. The molecule has 5 heteroatoms. The molecule has 144 valence electrons. The maximum Gasteiger partial charge on any atom is 0.231 e. The average molecular weight is 367 g/mol. The Balaban J connectivity index is 1.36. The Hall–Kier alpha value is -2.27. The fourth-order valence-corrected chi connectivity index (χ4v) is 3.87. The van der Waals surface area contributed by atoms with Crippen LogP contribution in [0.15, 0.2) is 36.5 Å². The molecule has 1 saturated heterocycles. The summed E-state index contributed by atoms with van der Waals surface area (Å²) >= 11 is 0. The topological polar surface area (TPSA) is 46.6 Å². The van der Waals surface area contributed by atoms with Crippen LogP contribution in [-0.2, 0) is 13.1 Å². The number of aromatic nitrogens is 1. The molecule has 1 fully saturated rings. The predicted octanol–water partition coefficient (Wildman–Crippen LogP) is 4.12. The summed E-state index contributed by atoms with van der Waals surface area (Å²) in [5.74, 6) is 2.81. The van der Waals surface area contributed by atoms with Gasteiger partial charge in [0.25, 0.3) is 0 Å². The molecule has 2 aromatic rings. The Labute approximate surface area is 161 Å². The molecule has 1 aromatic heterocycles. The molecule has 0 amide bonds. The fraction of sp³-hybridized carbons (Fsp3) is 0.500. The summed E-state index contributed by atoms with van der Waals surface area (Å²) in [5, 5.41) is 3.52. The van der Waals surface area contributed by atoms with Crippen molar-refractivity contribution < 1.29 is 9.47 Å². The number of hydrogen-bond acceptors (Lipinski definition) is 5. The number of ether oxygens (including phenoxy) is 2. The Bertz CT molecular complexity index is 791. The van der Waals surface area contributed by atoms with Gasteiger partial charge < -0.3 is 19.7 Å². The lowest BCUT2D eigenvalue weighted by Gasteiger charge is -2.24. The minimum atomic E-state index is 0.312. The van der Waals surface area contributed by atoms with E-state index >= 15 is 0 Å². The molecule has 0 spiro atoms. The summed E-state index contributed by atoms with van der Waals surface area (Å²) in [6.45, 7) is 8.80. The fourth-order valence-electron chi connectivity index (χ4n) is 3.87. The van der Waals surface area contributed by atoms with E-state index in [0.29, 0.717) is 12.2 Å². The van der Waals surface area contributed by atoms with Crippen molar-refractivity contribution in [3.05, 3.63) is 47.7 Å². The highest BCUT2D eigenvalue weighted by Crippen LogP contribution is 2.35. The zero-order valence-electron chi connectivity index (χ0n) is 16.3. The maximum absolute atomic E-state index is 5.58. The normalized spacial score (nSPS) is 18.4. The number of hydrogen-bond donors (Lipinski definition) is 1. The van der Waals surface area contributed by atoms with Crippen molar-refractivity contribution in [2.24, 2.45) is 5.41 Å². The Kier molecular flexibility index (Phi) is 5.21. The van der Waals surface area contributed by atoms with E-state index in [4.69, 9.17) is 9.47 Å². The van der Waals surface area contributed by atoms with Gasteiger partial charge in [-0.05, 0) is 48.4 Å². The van der Waals surface area contributed by atoms with E-state index in [1.807, 2.05) is 18.3 Å². The van der Waals surface area contributed by atoms with Gasteiger partial charge in [-0.2, -0.15) is 0 Å². The van der Waals surface area contributed by atoms with Crippen LogP contribution in [0.4, 0.5) is 5.82 Å². The van der Waals surface area contributed by atoms with Gasteiger partial charge in [0.05, 0.1) is 0 Å². The molecule has 0 atom stereocenters. The number of benzene rings is 1. The summed E-state index contributed by atoms with van der Waals surface area (Å²) in [6, 6.07) is 10.4. The lowest BCUT2D eigenvalue weighted by atomic mass is 9.85. The molecule has 2 aliphatic heterocycles. The number of nitrogens with one attached hydrogen (secondary N) is 1. The molecule has 2 aliphatic rings. The van der Waals surface area contributed by atoms with Crippen molar-refractivity contribution in [1.29, 1.82) is 0 Å². The molecule has 1 N–H and O–H groups in total. The van der Waals surface area contributed by atoms with Crippen molar-refractivity contribution in [2.45, 2.75) is 46.2 Å². The number of anilines is 1. The van der Waals surface area contributed by atoms with Crippen LogP contribution < -0.4 is 19.7 Å². The second-order valence-electron chi connectivity index (χ2n) is 8.28. The molecule has 3 heterocycles.